The molecule has 2 unspecified atom stereocenters. The van der Waals surface area contributed by atoms with Crippen LogP contribution in [0.5, 0.6) is 0 Å². The largest absolute Gasteiger partial charge is 0.393 e. The van der Waals surface area contributed by atoms with Crippen molar-refractivity contribution >= 4 is 32.9 Å². The van der Waals surface area contributed by atoms with E-state index in [-0.39, 0.29) is 22.6 Å². The first-order chi connectivity index (χ1) is 10.2. The van der Waals surface area contributed by atoms with E-state index in [9.17, 15) is 15.2 Å². The number of aliphatic hydroxyl groups is 1. The number of benzene rings is 1. The van der Waals surface area contributed by atoms with E-state index < -0.39 is 0 Å². The first-order valence-electron chi connectivity index (χ1n) is 7.09. The lowest BCUT2D eigenvalue weighted by molar-refractivity contribution is -0.382. The Balaban J connectivity index is 1.83. The Morgan fingerprint density at radius 3 is 3.00 bits per heavy atom. The standard InChI is InChI=1S/C14H17N3O3S/c18-11-4-2-1-3-9(11)7-15-10-5-6-12-13(16-8-21-12)14(10)17(19)20/h5-6,8-9,11,15,18H,1-4,7H2. The molecule has 1 aliphatic carbocycles. The van der Waals surface area contributed by atoms with E-state index in [0.717, 1.165) is 30.4 Å². The molecule has 3 rings (SSSR count). The quantitative estimate of drug-likeness (QED) is 0.669. The molecular formula is C14H17N3O3S. The van der Waals surface area contributed by atoms with Crippen LogP contribution in [-0.2, 0) is 0 Å². The molecule has 6 nitrogen and oxygen atoms in total. The van der Waals surface area contributed by atoms with E-state index in [0.29, 0.717) is 17.7 Å². The second kappa shape index (κ2) is 5.95. The molecule has 0 amide bonds. The molecule has 7 heteroatoms. The van der Waals surface area contributed by atoms with Crippen molar-refractivity contribution in [2.75, 3.05) is 11.9 Å². The van der Waals surface area contributed by atoms with Gasteiger partial charge in [-0.3, -0.25) is 10.1 Å². The summed E-state index contributed by atoms with van der Waals surface area (Å²) in [6, 6.07) is 3.58. The minimum atomic E-state index is -0.387. The third-order valence-corrected chi connectivity index (χ3v) is 4.88. The maximum absolute atomic E-state index is 11.3. The van der Waals surface area contributed by atoms with E-state index in [4.69, 9.17) is 0 Å². The number of nitro benzene ring substituents is 1. The van der Waals surface area contributed by atoms with E-state index in [1.165, 1.54) is 11.3 Å². The van der Waals surface area contributed by atoms with Crippen LogP contribution in [0.15, 0.2) is 17.6 Å². The fourth-order valence-electron chi connectivity index (χ4n) is 2.91. The second-order valence-electron chi connectivity index (χ2n) is 5.41. The van der Waals surface area contributed by atoms with Crippen LogP contribution < -0.4 is 5.32 Å². The topological polar surface area (TPSA) is 88.3 Å². The summed E-state index contributed by atoms with van der Waals surface area (Å²) in [5.41, 5.74) is 2.56. The summed E-state index contributed by atoms with van der Waals surface area (Å²) >= 11 is 1.39. The van der Waals surface area contributed by atoms with Crippen molar-refractivity contribution in [3.05, 3.63) is 27.8 Å². The van der Waals surface area contributed by atoms with Gasteiger partial charge in [-0.15, -0.1) is 11.3 Å². The van der Waals surface area contributed by atoms with Crippen molar-refractivity contribution in [1.82, 2.24) is 4.98 Å². The number of hydrogen-bond acceptors (Lipinski definition) is 6. The van der Waals surface area contributed by atoms with Gasteiger partial charge in [-0.2, -0.15) is 0 Å². The van der Waals surface area contributed by atoms with Crippen molar-refractivity contribution in [3.8, 4) is 0 Å². The van der Waals surface area contributed by atoms with E-state index in [1.807, 2.05) is 6.07 Å². The molecule has 0 spiro atoms. The Labute approximate surface area is 126 Å². The molecular weight excluding hydrogens is 290 g/mol. The SMILES string of the molecule is O=[N+]([O-])c1c(NCC2CCCCC2O)ccc2scnc12. The molecule has 1 heterocycles. The van der Waals surface area contributed by atoms with Crippen LogP contribution in [0.4, 0.5) is 11.4 Å². The van der Waals surface area contributed by atoms with Crippen molar-refractivity contribution in [3.63, 3.8) is 0 Å². The zero-order chi connectivity index (χ0) is 14.8. The molecule has 0 aliphatic heterocycles. The number of hydrogen-bond donors (Lipinski definition) is 2. The van der Waals surface area contributed by atoms with Crippen LogP contribution in [0.1, 0.15) is 25.7 Å². The van der Waals surface area contributed by atoms with Crippen LogP contribution in [-0.4, -0.2) is 27.7 Å². The summed E-state index contributed by atoms with van der Waals surface area (Å²) < 4.78 is 0.810. The number of fused-ring (bicyclic) bond motifs is 1. The Morgan fingerprint density at radius 2 is 2.24 bits per heavy atom. The third-order valence-electron chi connectivity index (χ3n) is 4.08. The van der Waals surface area contributed by atoms with Gasteiger partial charge < -0.3 is 10.4 Å². The van der Waals surface area contributed by atoms with E-state index in [1.54, 1.807) is 11.6 Å². The highest BCUT2D eigenvalue weighted by atomic mass is 32.1. The van der Waals surface area contributed by atoms with Gasteiger partial charge in [0.15, 0.2) is 5.52 Å². The van der Waals surface area contributed by atoms with E-state index >= 15 is 0 Å². The highest BCUT2D eigenvalue weighted by molar-refractivity contribution is 7.16. The average molecular weight is 307 g/mol. The molecule has 1 aliphatic rings. The monoisotopic (exact) mass is 307 g/mol. The Morgan fingerprint density at radius 1 is 1.43 bits per heavy atom. The lowest BCUT2D eigenvalue weighted by Crippen LogP contribution is -2.30. The van der Waals surface area contributed by atoms with Crippen LogP contribution in [0.3, 0.4) is 0 Å². The van der Waals surface area contributed by atoms with Gasteiger partial charge >= 0.3 is 5.69 Å². The van der Waals surface area contributed by atoms with Gasteiger partial charge in [0.1, 0.15) is 5.69 Å². The molecule has 1 saturated carbocycles. The number of nitro groups is 1. The first-order valence-corrected chi connectivity index (χ1v) is 7.97. The highest BCUT2D eigenvalue weighted by Gasteiger charge is 2.25. The third kappa shape index (κ3) is 2.84. The van der Waals surface area contributed by atoms with Crippen LogP contribution in [0, 0.1) is 16.0 Å². The van der Waals surface area contributed by atoms with Gasteiger partial charge in [0.05, 0.1) is 21.2 Å². The lowest BCUT2D eigenvalue weighted by atomic mass is 9.86. The highest BCUT2D eigenvalue weighted by Crippen LogP contribution is 2.35. The molecule has 2 atom stereocenters. The molecule has 2 aromatic rings. The lowest BCUT2D eigenvalue weighted by Gasteiger charge is -2.27. The number of rotatable bonds is 4. The number of nitrogens with zero attached hydrogens (tertiary/aromatic N) is 2. The zero-order valence-corrected chi connectivity index (χ0v) is 12.3. The van der Waals surface area contributed by atoms with Crippen LogP contribution >= 0.6 is 11.3 Å². The maximum Gasteiger partial charge on any atom is 0.319 e. The number of aliphatic hydroxyl groups excluding tert-OH is 1. The smallest absolute Gasteiger partial charge is 0.319 e. The number of nitrogens with one attached hydrogen (secondary N) is 1. The van der Waals surface area contributed by atoms with Gasteiger partial charge in [-0.1, -0.05) is 12.8 Å². The summed E-state index contributed by atoms with van der Waals surface area (Å²) in [6.07, 6.45) is 3.63. The predicted octanol–water partition coefficient (Wildman–Crippen LogP) is 3.17. The molecule has 1 fully saturated rings. The normalized spacial score (nSPS) is 22.3. The van der Waals surface area contributed by atoms with Gasteiger partial charge in [-0.05, 0) is 25.0 Å². The van der Waals surface area contributed by atoms with Crippen molar-refractivity contribution in [2.45, 2.75) is 31.8 Å². The van der Waals surface area contributed by atoms with Crippen molar-refractivity contribution < 1.29 is 10.0 Å². The summed E-state index contributed by atoms with van der Waals surface area (Å²) in [5.74, 6) is 0.157. The fourth-order valence-corrected chi connectivity index (χ4v) is 3.59. The van der Waals surface area contributed by atoms with Gasteiger partial charge in [0.25, 0.3) is 0 Å². The first kappa shape index (κ1) is 14.2. The number of anilines is 1. The van der Waals surface area contributed by atoms with Crippen LogP contribution in [0.2, 0.25) is 0 Å². The molecule has 1 aromatic heterocycles. The molecule has 2 N–H and O–H groups in total. The summed E-state index contributed by atoms with van der Waals surface area (Å²) in [4.78, 5) is 15.0. The summed E-state index contributed by atoms with van der Waals surface area (Å²) in [6.45, 7) is 0.553. The second-order valence-corrected chi connectivity index (χ2v) is 6.30. The molecule has 0 radical (unpaired) electrons. The molecule has 0 bridgehead atoms. The minimum absolute atomic E-state index is 0.0269. The van der Waals surface area contributed by atoms with Crippen LogP contribution in [0.25, 0.3) is 10.2 Å². The molecule has 1 aromatic carbocycles. The van der Waals surface area contributed by atoms with Gasteiger partial charge in [0.2, 0.25) is 0 Å². The maximum atomic E-state index is 11.3. The number of aromatic nitrogens is 1. The Hall–Kier alpha value is -1.73. The fraction of sp³-hybridized carbons (Fsp3) is 0.500. The molecule has 0 saturated heterocycles. The zero-order valence-electron chi connectivity index (χ0n) is 11.5. The number of thiazole rings is 1. The van der Waals surface area contributed by atoms with E-state index in [2.05, 4.69) is 10.3 Å². The predicted molar refractivity (Wildman–Crippen MR) is 82.7 cm³/mol. The Kier molecular flexibility index (Phi) is 4.03. The minimum Gasteiger partial charge on any atom is -0.393 e. The van der Waals surface area contributed by atoms with Gasteiger partial charge in [0, 0.05) is 12.5 Å². The molecule has 21 heavy (non-hydrogen) atoms. The Bertz CT molecular complexity index is 658. The van der Waals surface area contributed by atoms with Crippen molar-refractivity contribution in [1.29, 1.82) is 0 Å². The van der Waals surface area contributed by atoms with Crippen molar-refractivity contribution in [2.24, 2.45) is 5.92 Å². The average Bonchev–Trinajstić information content (AvgIpc) is 2.93. The summed E-state index contributed by atoms with van der Waals surface area (Å²) in [7, 11) is 0. The van der Waals surface area contributed by atoms with Gasteiger partial charge in [-0.25, -0.2) is 4.98 Å². The molecule has 112 valence electrons. The summed E-state index contributed by atoms with van der Waals surface area (Å²) in [5, 5.41) is 24.4.